The molecule has 0 saturated heterocycles. The van der Waals surface area contributed by atoms with Gasteiger partial charge in [-0.25, -0.2) is 4.79 Å². The van der Waals surface area contributed by atoms with E-state index in [-0.39, 0.29) is 37.0 Å². The molecule has 5 aromatic carbocycles. The standard InChI is InChI=1S/C45H50N2O6/c1-6-50-42(51-7-2)29-47(28-32-20-23-33-14-8-9-15-34(33)26-32)43(48)41(27-31-21-24-35(25-22-31)53-45(3,4)5)46-44(49)52-30-40-38-18-12-10-16-36(38)37-17-11-13-19-39(37)40/h8-26,40-42H,6-7,27-30H2,1-5H3,(H,46,49)/t41-/m0/s1. The Morgan fingerprint density at radius 1 is 0.736 bits per heavy atom. The maximum absolute atomic E-state index is 14.8. The summed E-state index contributed by atoms with van der Waals surface area (Å²) in [6, 6.07) is 37.4. The number of amides is 2. The summed E-state index contributed by atoms with van der Waals surface area (Å²) in [6.07, 6.45) is -1.06. The van der Waals surface area contributed by atoms with Crippen molar-refractivity contribution in [2.45, 2.75) is 71.4 Å². The first-order chi connectivity index (χ1) is 25.6. The van der Waals surface area contributed by atoms with Crippen molar-refractivity contribution in [3.63, 3.8) is 0 Å². The normalized spacial score (nSPS) is 13.0. The average Bonchev–Trinajstić information content (AvgIpc) is 3.47. The summed E-state index contributed by atoms with van der Waals surface area (Å²) >= 11 is 0. The lowest BCUT2D eigenvalue weighted by molar-refractivity contribution is -0.160. The van der Waals surface area contributed by atoms with Crippen molar-refractivity contribution in [3.8, 4) is 16.9 Å². The van der Waals surface area contributed by atoms with Crippen LogP contribution in [0.25, 0.3) is 21.9 Å². The van der Waals surface area contributed by atoms with E-state index in [1.807, 2.05) is 101 Å². The van der Waals surface area contributed by atoms with Crippen molar-refractivity contribution in [2.75, 3.05) is 26.4 Å². The van der Waals surface area contributed by atoms with Crippen molar-refractivity contribution < 1.29 is 28.5 Å². The van der Waals surface area contributed by atoms with E-state index in [9.17, 15) is 9.59 Å². The molecule has 8 nitrogen and oxygen atoms in total. The maximum Gasteiger partial charge on any atom is 0.407 e. The van der Waals surface area contributed by atoms with E-state index >= 15 is 0 Å². The lowest BCUT2D eigenvalue weighted by Crippen LogP contribution is -2.51. The molecule has 0 saturated carbocycles. The Labute approximate surface area is 313 Å². The Morgan fingerprint density at radius 2 is 1.32 bits per heavy atom. The summed E-state index contributed by atoms with van der Waals surface area (Å²) in [5.74, 6) is 0.342. The Balaban J connectivity index is 1.26. The molecule has 276 valence electrons. The highest BCUT2D eigenvalue weighted by Crippen LogP contribution is 2.44. The first-order valence-electron chi connectivity index (χ1n) is 18.5. The second kappa shape index (κ2) is 17.1. The van der Waals surface area contributed by atoms with Crippen molar-refractivity contribution >= 4 is 22.8 Å². The van der Waals surface area contributed by atoms with E-state index < -0.39 is 18.4 Å². The van der Waals surface area contributed by atoms with E-state index in [4.69, 9.17) is 18.9 Å². The van der Waals surface area contributed by atoms with Crippen LogP contribution in [0.4, 0.5) is 4.79 Å². The van der Waals surface area contributed by atoms with E-state index in [0.29, 0.717) is 19.8 Å². The fourth-order valence-electron chi connectivity index (χ4n) is 6.98. The zero-order valence-corrected chi connectivity index (χ0v) is 31.3. The summed E-state index contributed by atoms with van der Waals surface area (Å²) in [7, 11) is 0. The van der Waals surface area contributed by atoms with Crippen molar-refractivity contribution in [3.05, 3.63) is 138 Å². The molecule has 0 aliphatic heterocycles. The number of ether oxygens (including phenoxy) is 4. The second-order valence-corrected chi connectivity index (χ2v) is 14.3. The summed E-state index contributed by atoms with van der Waals surface area (Å²) < 4.78 is 23.8. The van der Waals surface area contributed by atoms with Crippen LogP contribution in [0.5, 0.6) is 5.75 Å². The van der Waals surface area contributed by atoms with E-state index in [1.165, 1.54) is 0 Å². The van der Waals surface area contributed by atoms with Gasteiger partial charge in [-0.3, -0.25) is 4.79 Å². The lowest BCUT2D eigenvalue weighted by atomic mass is 9.98. The van der Waals surface area contributed by atoms with Crippen LogP contribution in [-0.2, 0) is 32.0 Å². The van der Waals surface area contributed by atoms with Gasteiger partial charge in [-0.1, -0.05) is 97.1 Å². The summed E-state index contributed by atoms with van der Waals surface area (Å²) in [5, 5.41) is 5.15. The largest absolute Gasteiger partial charge is 0.488 e. The highest BCUT2D eigenvalue weighted by molar-refractivity contribution is 5.87. The second-order valence-electron chi connectivity index (χ2n) is 14.3. The number of hydrogen-bond acceptors (Lipinski definition) is 6. The predicted molar refractivity (Wildman–Crippen MR) is 209 cm³/mol. The van der Waals surface area contributed by atoms with Crippen LogP contribution in [0.3, 0.4) is 0 Å². The number of benzene rings is 5. The fourth-order valence-corrected chi connectivity index (χ4v) is 6.98. The number of hydrogen-bond donors (Lipinski definition) is 1. The molecule has 1 aliphatic carbocycles. The molecule has 0 radical (unpaired) electrons. The van der Waals surface area contributed by atoms with Gasteiger partial charge in [0.15, 0.2) is 6.29 Å². The first kappa shape index (κ1) is 37.6. The SMILES string of the molecule is CCOC(CN(Cc1ccc2ccccc2c1)C(=O)[C@H](Cc1ccc(OC(C)(C)C)cc1)NC(=O)OCC1c2ccccc2-c2ccccc21)OCC. The molecule has 0 unspecified atom stereocenters. The minimum atomic E-state index is -0.940. The van der Waals surface area contributed by atoms with Crippen LogP contribution in [0.2, 0.25) is 0 Å². The summed E-state index contributed by atoms with van der Waals surface area (Å²) in [5.41, 5.74) is 5.98. The van der Waals surface area contributed by atoms with Crippen LogP contribution in [0.15, 0.2) is 115 Å². The molecule has 0 fully saturated rings. The van der Waals surface area contributed by atoms with E-state index in [0.717, 1.165) is 49.9 Å². The number of rotatable bonds is 15. The topological polar surface area (TPSA) is 86.3 Å². The van der Waals surface area contributed by atoms with Crippen molar-refractivity contribution in [1.82, 2.24) is 10.2 Å². The molecule has 8 heteroatoms. The molecule has 2 amide bonds. The van der Waals surface area contributed by atoms with Crippen LogP contribution < -0.4 is 10.1 Å². The highest BCUT2D eigenvalue weighted by atomic mass is 16.7. The van der Waals surface area contributed by atoms with Gasteiger partial charge in [-0.05, 0) is 97.0 Å². The monoisotopic (exact) mass is 714 g/mol. The Kier molecular flexibility index (Phi) is 12.1. The van der Waals surface area contributed by atoms with E-state index in [1.54, 1.807) is 4.90 Å². The summed E-state index contributed by atoms with van der Waals surface area (Å²) in [6.45, 7) is 11.2. The molecule has 53 heavy (non-hydrogen) atoms. The smallest absolute Gasteiger partial charge is 0.407 e. The number of carbonyl (C=O) groups excluding carboxylic acids is 2. The molecular formula is C45H50N2O6. The molecule has 0 bridgehead atoms. The van der Waals surface area contributed by atoms with Crippen LogP contribution in [0, 0.1) is 0 Å². The Hall–Kier alpha value is -5.18. The van der Waals surface area contributed by atoms with Gasteiger partial charge in [-0.2, -0.15) is 0 Å². The Bertz CT molecular complexity index is 1950. The molecule has 0 spiro atoms. The number of alkyl carbamates (subject to hydrolysis) is 1. The van der Waals surface area contributed by atoms with Gasteiger partial charge in [0.25, 0.3) is 0 Å². The molecule has 1 aliphatic rings. The summed E-state index contributed by atoms with van der Waals surface area (Å²) in [4.78, 5) is 30.2. The van der Waals surface area contributed by atoms with Crippen LogP contribution >= 0.6 is 0 Å². The number of fused-ring (bicyclic) bond motifs is 4. The third kappa shape index (κ3) is 9.63. The quantitative estimate of drug-likeness (QED) is 0.109. The van der Waals surface area contributed by atoms with Gasteiger partial charge in [0.05, 0.1) is 6.54 Å². The first-order valence-corrected chi connectivity index (χ1v) is 18.5. The molecule has 1 atom stereocenters. The lowest BCUT2D eigenvalue weighted by Gasteiger charge is -2.31. The van der Waals surface area contributed by atoms with Crippen molar-refractivity contribution in [1.29, 1.82) is 0 Å². The molecule has 0 aromatic heterocycles. The molecule has 6 rings (SSSR count). The predicted octanol–water partition coefficient (Wildman–Crippen LogP) is 8.89. The van der Waals surface area contributed by atoms with Gasteiger partial charge < -0.3 is 29.2 Å². The van der Waals surface area contributed by atoms with E-state index in [2.05, 4.69) is 53.8 Å². The minimum Gasteiger partial charge on any atom is -0.488 e. The molecule has 5 aromatic rings. The third-order valence-corrected chi connectivity index (χ3v) is 9.29. The van der Waals surface area contributed by atoms with Crippen LogP contribution in [-0.4, -0.2) is 61.2 Å². The third-order valence-electron chi connectivity index (χ3n) is 9.29. The Morgan fingerprint density at radius 3 is 1.94 bits per heavy atom. The minimum absolute atomic E-state index is 0.111. The number of carbonyl (C=O) groups is 2. The number of nitrogens with zero attached hydrogens (tertiary/aromatic N) is 1. The molecular weight excluding hydrogens is 665 g/mol. The highest BCUT2D eigenvalue weighted by Gasteiger charge is 2.32. The average molecular weight is 715 g/mol. The van der Waals surface area contributed by atoms with Gasteiger partial charge in [-0.15, -0.1) is 0 Å². The zero-order valence-electron chi connectivity index (χ0n) is 31.3. The van der Waals surface area contributed by atoms with Crippen molar-refractivity contribution in [2.24, 2.45) is 0 Å². The van der Waals surface area contributed by atoms with Gasteiger partial charge in [0.1, 0.15) is 24.0 Å². The van der Waals surface area contributed by atoms with Gasteiger partial charge >= 0.3 is 6.09 Å². The van der Waals surface area contributed by atoms with Gasteiger partial charge in [0.2, 0.25) is 5.91 Å². The molecule has 1 N–H and O–H groups in total. The fraction of sp³-hybridized carbons (Fsp3) is 0.333. The maximum atomic E-state index is 14.8. The van der Waals surface area contributed by atoms with Gasteiger partial charge in [0, 0.05) is 32.1 Å². The molecule has 0 heterocycles. The number of nitrogens with one attached hydrogen (secondary N) is 1. The zero-order chi connectivity index (χ0) is 37.4. The van der Waals surface area contributed by atoms with Crippen LogP contribution in [0.1, 0.15) is 62.8 Å².